The molecule has 1 unspecified atom stereocenters. The smallest absolute Gasteiger partial charge is 0.252 e. The summed E-state index contributed by atoms with van der Waals surface area (Å²) in [5.41, 5.74) is -0.369. The van der Waals surface area contributed by atoms with Gasteiger partial charge in [-0.25, -0.2) is 0 Å². The van der Waals surface area contributed by atoms with Crippen molar-refractivity contribution in [3.8, 4) is 0 Å². The average Bonchev–Trinajstić information content (AvgIpc) is 2.76. The minimum Gasteiger partial charge on any atom is -0.341 e. The van der Waals surface area contributed by atoms with E-state index in [-0.39, 0.29) is 17.4 Å². The standard InChI is InChI=1S/C11H19N3O/c1-7(2)12-9-13-8(15)11(4,14-9)10(3)5-6-10/h7H,5-6H2,1-4H3,(H2,12,13,14,15). The molecule has 2 fully saturated rings. The first kappa shape index (κ1) is 10.5. The lowest BCUT2D eigenvalue weighted by atomic mass is 9.84. The van der Waals surface area contributed by atoms with Crippen LogP contribution in [0, 0.1) is 5.41 Å². The molecule has 2 rings (SSSR count). The molecule has 4 nitrogen and oxygen atoms in total. The molecule has 0 bridgehead atoms. The van der Waals surface area contributed by atoms with Crippen LogP contribution in [0.1, 0.15) is 40.5 Å². The fourth-order valence-corrected chi connectivity index (χ4v) is 1.99. The zero-order valence-corrected chi connectivity index (χ0v) is 9.85. The summed E-state index contributed by atoms with van der Waals surface area (Å²) >= 11 is 0. The summed E-state index contributed by atoms with van der Waals surface area (Å²) < 4.78 is 0. The van der Waals surface area contributed by atoms with Crippen LogP contribution in [0.4, 0.5) is 0 Å². The van der Waals surface area contributed by atoms with E-state index in [0.29, 0.717) is 5.96 Å². The Hall–Kier alpha value is -1.06. The van der Waals surface area contributed by atoms with Crippen molar-refractivity contribution in [3.05, 3.63) is 0 Å². The third-order valence-electron chi connectivity index (χ3n) is 3.65. The summed E-state index contributed by atoms with van der Waals surface area (Å²) in [5, 5.41) is 6.06. The molecule has 1 aliphatic carbocycles. The number of nitrogens with zero attached hydrogens (tertiary/aromatic N) is 1. The molecule has 1 saturated heterocycles. The largest absolute Gasteiger partial charge is 0.341 e. The molecule has 84 valence electrons. The third kappa shape index (κ3) is 1.52. The Kier molecular flexibility index (Phi) is 2.07. The highest BCUT2D eigenvalue weighted by molar-refractivity contribution is 6.09. The topological polar surface area (TPSA) is 53.5 Å². The summed E-state index contributed by atoms with van der Waals surface area (Å²) in [5.74, 6) is 0.688. The van der Waals surface area contributed by atoms with Gasteiger partial charge < -0.3 is 5.32 Å². The molecule has 0 spiro atoms. The predicted molar refractivity (Wildman–Crippen MR) is 59.6 cm³/mol. The second-order valence-corrected chi connectivity index (χ2v) is 5.34. The molecule has 1 heterocycles. The van der Waals surface area contributed by atoms with Crippen LogP contribution in [0.2, 0.25) is 0 Å². The highest BCUT2D eigenvalue weighted by Crippen LogP contribution is 2.54. The van der Waals surface area contributed by atoms with E-state index >= 15 is 0 Å². The molecule has 4 heteroatoms. The van der Waals surface area contributed by atoms with Crippen molar-refractivity contribution >= 4 is 11.9 Å². The summed E-state index contributed by atoms with van der Waals surface area (Å²) in [4.78, 5) is 16.3. The van der Waals surface area contributed by atoms with Crippen LogP contribution in [-0.4, -0.2) is 23.4 Å². The zero-order valence-electron chi connectivity index (χ0n) is 9.85. The Labute approximate surface area is 90.5 Å². The molecular formula is C11H19N3O. The second kappa shape index (κ2) is 2.97. The van der Waals surface area contributed by atoms with Gasteiger partial charge in [-0.1, -0.05) is 6.92 Å². The number of carbonyl (C=O) groups is 1. The number of carbonyl (C=O) groups excluding carboxylic acids is 1. The fourth-order valence-electron chi connectivity index (χ4n) is 1.99. The van der Waals surface area contributed by atoms with Gasteiger partial charge in [-0.15, -0.1) is 0 Å². The summed E-state index contributed by atoms with van der Waals surface area (Å²) in [7, 11) is 0. The lowest BCUT2D eigenvalue weighted by Crippen LogP contribution is -2.50. The van der Waals surface area contributed by atoms with Crippen LogP contribution in [0.5, 0.6) is 0 Å². The quantitative estimate of drug-likeness (QED) is 0.713. The Morgan fingerprint density at radius 1 is 1.33 bits per heavy atom. The highest BCUT2D eigenvalue weighted by atomic mass is 16.2. The number of hydrogen-bond donors (Lipinski definition) is 2. The number of hydrogen-bond acceptors (Lipinski definition) is 2. The Morgan fingerprint density at radius 3 is 2.40 bits per heavy atom. The molecule has 0 aromatic carbocycles. The number of aliphatic imine (C=N–C) groups is 1. The lowest BCUT2D eigenvalue weighted by molar-refractivity contribution is -0.125. The molecule has 2 aliphatic rings. The van der Waals surface area contributed by atoms with Gasteiger partial charge in [0.25, 0.3) is 5.91 Å². The van der Waals surface area contributed by atoms with Gasteiger partial charge in [0.2, 0.25) is 0 Å². The van der Waals surface area contributed by atoms with Gasteiger partial charge in [-0.05, 0) is 39.0 Å². The van der Waals surface area contributed by atoms with Crippen LogP contribution in [0.25, 0.3) is 0 Å². The number of nitrogens with one attached hydrogen (secondary N) is 2. The Morgan fingerprint density at radius 2 is 1.93 bits per heavy atom. The van der Waals surface area contributed by atoms with E-state index in [1.54, 1.807) is 0 Å². The van der Waals surface area contributed by atoms with Crippen LogP contribution < -0.4 is 10.6 Å². The normalized spacial score (nSPS) is 35.5. The molecule has 15 heavy (non-hydrogen) atoms. The maximum atomic E-state index is 11.9. The van der Waals surface area contributed by atoms with Gasteiger partial charge in [0, 0.05) is 6.04 Å². The number of rotatable bonds is 2. The predicted octanol–water partition coefficient (Wildman–Crippen LogP) is 1.03. The Balaban J connectivity index is 2.21. The minimum atomic E-state index is -0.472. The monoisotopic (exact) mass is 209 g/mol. The van der Waals surface area contributed by atoms with Gasteiger partial charge in [0.05, 0.1) is 0 Å². The van der Waals surface area contributed by atoms with E-state index in [1.165, 1.54) is 0 Å². The van der Waals surface area contributed by atoms with Crippen molar-refractivity contribution in [2.75, 3.05) is 0 Å². The fraction of sp³-hybridized carbons (Fsp3) is 0.818. The van der Waals surface area contributed by atoms with Crippen LogP contribution in [-0.2, 0) is 4.79 Å². The van der Waals surface area contributed by atoms with Crippen molar-refractivity contribution in [3.63, 3.8) is 0 Å². The lowest BCUT2D eigenvalue weighted by Gasteiger charge is -2.28. The van der Waals surface area contributed by atoms with Crippen LogP contribution in [0.15, 0.2) is 4.99 Å². The zero-order chi connectivity index (χ0) is 11.3. The van der Waals surface area contributed by atoms with Crippen molar-refractivity contribution in [2.24, 2.45) is 10.4 Å². The van der Waals surface area contributed by atoms with E-state index in [4.69, 9.17) is 0 Å². The van der Waals surface area contributed by atoms with Gasteiger partial charge in [0.15, 0.2) is 5.96 Å². The molecule has 0 aromatic heterocycles. The summed E-state index contributed by atoms with van der Waals surface area (Å²) in [6, 6.07) is 0.196. The number of amides is 1. The molecule has 1 atom stereocenters. The first-order valence-electron chi connectivity index (χ1n) is 5.55. The molecular weight excluding hydrogens is 190 g/mol. The average molecular weight is 209 g/mol. The second-order valence-electron chi connectivity index (χ2n) is 5.34. The maximum Gasteiger partial charge on any atom is 0.252 e. The van der Waals surface area contributed by atoms with E-state index < -0.39 is 5.54 Å². The van der Waals surface area contributed by atoms with Gasteiger partial charge >= 0.3 is 0 Å². The van der Waals surface area contributed by atoms with Gasteiger partial charge in [-0.2, -0.15) is 0 Å². The van der Waals surface area contributed by atoms with Crippen molar-refractivity contribution in [1.29, 1.82) is 0 Å². The van der Waals surface area contributed by atoms with Crippen molar-refractivity contribution in [1.82, 2.24) is 10.6 Å². The highest BCUT2D eigenvalue weighted by Gasteiger charge is 2.60. The Bertz CT molecular complexity index is 331. The molecule has 0 radical (unpaired) electrons. The molecule has 0 aromatic rings. The van der Waals surface area contributed by atoms with E-state index in [1.807, 2.05) is 20.8 Å². The van der Waals surface area contributed by atoms with Gasteiger partial charge in [-0.3, -0.25) is 15.1 Å². The third-order valence-corrected chi connectivity index (χ3v) is 3.65. The first-order valence-corrected chi connectivity index (χ1v) is 5.55. The molecule has 1 saturated carbocycles. The summed E-state index contributed by atoms with van der Waals surface area (Å²) in [6.45, 7) is 8.11. The summed E-state index contributed by atoms with van der Waals surface area (Å²) in [6.07, 6.45) is 2.22. The number of guanidine groups is 1. The molecule has 1 aliphatic heterocycles. The van der Waals surface area contributed by atoms with Crippen molar-refractivity contribution in [2.45, 2.75) is 52.1 Å². The van der Waals surface area contributed by atoms with Crippen molar-refractivity contribution < 1.29 is 4.79 Å². The molecule has 1 amide bonds. The van der Waals surface area contributed by atoms with E-state index in [0.717, 1.165) is 12.8 Å². The SMILES string of the molecule is CC(C)N=C1NC(=O)C(C)(C2(C)CC2)N1. The minimum absolute atomic E-state index is 0.0573. The molecule has 2 N–H and O–H groups in total. The van der Waals surface area contributed by atoms with Gasteiger partial charge in [0.1, 0.15) is 5.54 Å². The first-order chi connectivity index (χ1) is 6.87. The van der Waals surface area contributed by atoms with E-state index in [2.05, 4.69) is 22.5 Å². The van der Waals surface area contributed by atoms with E-state index in [9.17, 15) is 4.79 Å². The van der Waals surface area contributed by atoms with Crippen LogP contribution >= 0.6 is 0 Å². The maximum absolute atomic E-state index is 11.9. The van der Waals surface area contributed by atoms with Crippen LogP contribution in [0.3, 0.4) is 0 Å².